The van der Waals surface area contributed by atoms with Gasteiger partial charge in [0.05, 0.1) is 12.3 Å². The number of aromatic nitrogens is 3. The number of carbonyl (C=O) groups excluding carboxylic acids is 1. The van der Waals surface area contributed by atoms with Gasteiger partial charge in [-0.2, -0.15) is 4.98 Å². The van der Waals surface area contributed by atoms with Crippen LogP contribution in [0.4, 0.5) is 23.3 Å². The Hall–Kier alpha value is -3.56. The topological polar surface area (TPSA) is 115 Å². The molecule has 178 valence electrons. The summed E-state index contributed by atoms with van der Waals surface area (Å²) in [6.07, 6.45) is 1.51. The van der Waals surface area contributed by atoms with Gasteiger partial charge in [0.1, 0.15) is 17.2 Å². The first-order chi connectivity index (χ1) is 16.3. The monoisotopic (exact) mass is 461 g/mol. The van der Waals surface area contributed by atoms with Crippen molar-refractivity contribution in [2.75, 3.05) is 30.8 Å². The van der Waals surface area contributed by atoms with Crippen LogP contribution in [0.15, 0.2) is 42.6 Å². The van der Waals surface area contributed by atoms with E-state index in [9.17, 15) is 9.90 Å². The first kappa shape index (κ1) is 23.6. The van der Waals surface area contributed by atoms with Crippen LogP contribution < -0.4 is 16.0 Å². The van der Waals surface area contributed by atoms with Crippen LogP contribution in [0.3, 0.4) is 0 Å². The lowest BCUT2D eigenvalue weighted by Gasteiger charge is -2.21. The maximum atomic E-state index is 12.6. The van der Waals surface area contributed by atoms with Gasteiger partial charge >= 0.3 is 0 Å². The molecule has 9 nitrogen and oxygen atoms in total. The van der Waals surface area contributed by atoms with E-state index in [1.165, 1.54) is 17.3 Å². The molecule has 0 unspecified atom stereocenters. The summed E-state index contributed by atoms with van der Waals surface area (Å²) in [4.78, 5) is 28.5. The van der Waals surface area contributed by atoms with Crippen LogP contribution >= 0.6 is 0 Å². The number of fused-ring (bicyclic) bond motifs is 1. The molecule has 2 aromatic heterocycles. The number of hydrogen-bond acceptors (Lipinski definition) is 8. The van der Waals surface area contributed by atoms with E-state index in [-0.39, 0.29) is 12.5 Å². The highest BCUT2D eigenvalue weighted by molar-refractivity contribution is 5.99. The number of aliphatic hydroxyl groups excluding tert-OH is 1. The molecule has 1 aromatic carbocycles. The summed E-state index contributed by atoms with van der Waals surface area (Å²) in [5.41, 5.74) is 4.03. The molecule has 1 amide bonds. The highest BCUT2D eigenvalue weighted by Crippen LogP contribution is 2.27. The van der Waals surface area contributed by atoms with Gasteiger partial charge in [0, 0.05) is 36.9 Å². The van der Waals surface area contributed by atoms with E-state index >= 15 is 0 Å². The quantitative estimate of drug-likeness (QED) is 0.404. The second kappa shape index (κ2) is 9.74. The summed E-state index contributed by atoms with van der Waals surface area (Å²) in [5.74, 6) is 0.961. The Morgan fingerprint density at radius 3 is 2.68 bits per heavy atom. The molecule has 0 spiro atoms. The number of carbonyl (C=O) groups is 1. The number of hydrogen-bond donors (Lipinski definition) is 4. The molecule has 3 aromatic rings. The van der Waals surface area contributed by atoms with Crippen LogP contribution in [0.25, 0.3) is 0 Å². The lowest BCUT2D eigenvalue weighted by atomic mass is 9.90. The average molecular weight is 462 g/mol. The maximum absolute atomic E-state index is 12.6. The highest BCUT2D eigenvalue weighted by atomic mass is 16.3. The Bertz CT molecular complexity index is 1200. The summed E-state index contributed by atoms with van der Waals surface area (Å²) < 4.78 is 0. The fourth-order valence-corrected chi connectivity index (χ4v) is 3.81. The van der Waals surface area contributed by atoms with E-state index in [4.69, 9.17) is 0 Å². The van der Waals surface area contributed by atoms with Gasteiger partial charge < -0.3 is 21.1 Å². The summed E-state index contributed by atoms with van der Waals surface area (Å²) >= 11 is 0. The fraction of sp³-hybridized carbons (Fsp3) is 0.360. The van der Waals surface area contributed by atoms with Crippen molar-refractivity contribution in [3.05, 3.63) is 65.0 Å². The largest absolute Gasteiger partial charge is 0.395 e. The van der Waals surface area contributed by atoms with Gasteiger partial charge in [0.15, 0.2) is 0 Å². The number of amides is 1. The van der Waals surface area contributed by atoms with E-state index in [2.05, 4.69) is 55.0 Å². The Balaban J connectivity index is 1.64. The number of benzene rings is 1. The van der Waals surface area contributed by atoms with E-state index in [0.29, 0.717) is 29.7 Å². The number of nitrogens with one attached hydrogen (secondary N) is 3. The summed E-state index contributed by atoms with van der Waals surface area (Å²) in [6, 6.07) is 11.7. The van der Waals surface area contributed by atoms with Crippen molar-refractivity contribution in [2.45, 2.75) is 39.3 Å². The molecule has 3 heterocycles. The molecule has 0 saturated heterocycles. The lowest BCUT2D eigenvalue weighted by Crippen LogP contribution is -2.25. The maximum Gasteiger partial charge on any atom is 0.256 e. The second-order valence-corrected chi connectivity index (χ2v) is 9.17. The summed E-state index contributed by atoms with van der Waals surface area (Å²) in [7, 11) is 2.10. The molecular weight excluding hydrogens is 430 g/mol. The van der Waals surface area contributed by atoms with E-state index in [1.807, 2.05) is 39.0 Å². The molecule has 9 heteroatoms. The van der Waals surface area contributed by atoms with Crippen molar-refractivity contribution in [3.8, 4) is 0 Å². The predicted molar refractivity (Wildman–Crippen MR) is 133 cm³/mol. The zero-order valence-electron chi connectivity index (χ0n) is 20.0. The van der Waals surface area contributed by atoms with Crippen LogP contribution in [0.2, 0.25) is 0 Å². The number of anilines is 4. The van der Waals surface area contributed by atoms with Gasteiger partial charge in [-0.15, -0.1) is 0 Å². The molecule has 1 aliphatic rings. The Kier molecular flexibility index (Phi) is 6.76. The molecule has 1 aliphatic heterocycles. The van der Waals surface area contributed by atoms with Crippen molar-refractivity contribution in [1.29, 1.82) is 0 Å². The van der Waals surface area contributed by atoms with Crippen molar-refractivity contribution in [3.63, 3.8) is 0 Å². The normalized spacial score (nSPS) is 13.4. The molecule has 0 saturated carbocycles. The SMILES string of the molecule is CCNC(=O)c1cnc(Nc2ccc3c(c2)CN(C)C3)nc1Nc1cccc(C(C)(C)CO)n1. The lowest BCUT2D eigenvalue weighted by molar-refractivity contribution is 0.0956. The first-order valence-corrected chi connectivity index (χ1v) is 11.4. The van der Waals surface area contributed by atoms with E-state index in [1.54, 1.807) is 6.07 Å². The Labute approximate surface area is 199 Å². The zero-order valence-corrected chi connectivity index (χ0v) is 20.0. The first-order valence-electron chi connectivity index (χ1n) is 11.4. The minimum atomic E-state index is -0.500. The molecule has 0 aliphatic carbocycles. The van der Waals surface area contributed by atoms with E-state index in [0.717, 1.165) is 24.5 Å². The highest BCUT2D eigenvalue weighted by Gasteiger charge is 2.22. The predicted octanol–water partition coefficient (Wildman–Crippen LogP) is 3.32. The summed E-state index contributed by atoms with van der Waals surface area (Å²) in [5, 5.41) is 18.9. The molecule has 0 radical (unpaired) electrons. The fourth-order valence-electron chi connectivity index (χ4n) is 3.81. The average Bonchev–Trinajstić information content (AvgIpc) is 3.19. The molecule has 0 bridgehead atoms. The second-order valence-electron chi connectivity index (χ2n) is 9.17. The van der Waals surface area contributed by atoms with Crippen LogP contribution in [-0.2, 0) is 18.5 Å². The van der Waals surface area contributed by atoms with Gasteiger partial charge in [-0.25, -0.2) is 9.97 Å². The minimum Gasteiger partial charge on any atom is -0.395 e. The molecule has 0 fully saturated rings. The van der Waals surface area contributed by atoms with Crippen molar-refractivity contribution in [2.24, 2.45) is 0 Å². The molecular formula is C25H31N7O2. The molecule has 4 rings (SSSR count). The third kappa shape index (κ3) is 5.16. The molecule has 0 atom stereocenters. The van der Waals surface area contributed by atoms with E-state index < -0.39 is 5.41 Å². The van der Waals surface area contributed by atoms with Crippen LogP contribution in [0, 0.1) is 0 Å². The third-order valence-electron chi connectivity index (χ3n) is 5.80. The third-order valence-corrected chi connectivity index (χ3v) is 5.80. The Morgan fingerprint density at radius 2 is 1.91 bits per heavy atom. The zero-order chi connectivity index (χ0) is 24.3. The number of pyridine rings is 1. The van der Waals surface area contributed by atoms with Crippen LogP contribution in [-0.4, -0.2) is 51.1 Å². The van der Waals surface area contributed by atoms with Crippen LogP contribution in [0.1, 0.15) is 48.0 Å². The summed E-state index contributed by atoms with van der Waals surface area (Å²) in [6.45, 7) is 7.99. The van der Waals surface area contributed by atoms with Gasteiger partial charge in [-0.1, -0.05) is 26.0 Å². The smallest absolute Gasteiger partial charge is 0.256 e. The number of nitrogens with zero attached hydrogens (tertiary/aromatic N) is 4. The standard InChI is InChI=1S/C25H31N7O2/c1-5-26-23(34)19-12-27-24(28-18-10-9-16-13-32(4)14-17(16)11-18)31-22(19)30-21-8-6-7-20(29-21)25(2,3)15-33/h6-12,33H,5,13-15H2,1-4H3,(H,26,34)(H2,27,28,29,30,31). The van der Waals surface area contributed by atoms with Crippen molar-refractivity contribution >= 4 is 29.2 Å². The van der Waals surface area contributed by atoms with Gasteiger partial charge in [0.2, 0.25) is 5.95 Å². The minimum absolute atomic E-state index is 0.0360. The van der Waals surface area contributed by atoms with Crippen LogP contribution in [0.5, 0.6) is 0 Å². The molecule has 34 heavy (non-hydrogen) atoms. The van der Waals surface area contributed by atoms with Gasteiger partial charge in [-0.05, 0) is 49.4 Å². The number of rotatable bonds is 8. The Morgan fingerprint density at radius 1 is 1.12 bits per heavy atom. The van der Waals surface area contributed by atoms with Crippen molar-refractivity contribution in [1.82, 2.24) is 25.2 Å². The number of aliphatic hydroxyl groups is 1. The molecule has 4 N–H and O–H groups in total. The van der Waals surface area contributed by atoms with Crippen molar-refractivity contribution < 1.29 is 9.90 Å². The van der Waals surface area contributed by atoms with Gasteiger partial charge in [0.25, 0.3) is 5.91 Å². The van der Waals surface area contributed by atoms with Gasteiger partial charge in [-0.3, -0.25) is 9.69 Å².